The fourth-order valence-corrected chi connectivity index (χ4v) is 3.96. The van der Waals surface area contributed by atoms with Crippen LogP contribution in [0.5, 0.6) is 0 Å². The van der Waals surface area contributed by atoms with Gasteiger partial charge in [-0.25, -0.2) is 9.18 Å². The lowest BCUT2D eigenvalue weighted by Crippen LogP contribution is -2.34. The van der Waals surface area contributed by atoms with Crippen LogP contribution in [0.2, 0.25) is 0 Å². The average Bonchev–Trinajstić information content (AvgIpc) is 3.02. The molecule has 1 atom stereocenters. The molecule has 2 aromatic carbocycles. The van der Waals surface area contributed by atoms with Crippen LogP contribution in [-0.4, -0.2) is 23.2 Å². The molecule has 0 bridgehead atoms. The molecule has 23 heavy (non-hydrogen) atoms. The van der Waals surface area contributed by atoms with E-state index in [1.807, 2.05) is 32.0 Å². The number of thioether (sulfide) groups is 1. The van der Waals surface area contributed by atoms with Crippen LogP contribution < -0.4 is 5.32 Å². The highest BCUT2D eigenvalue weighted by Gasteiger charge is 2.32. The zero-order chi connectivity index (χ0) is 16.4. The molecule has 3 nitrogen and oxygen atoms in total. The Morgan fingerprint density at radius 3 is 2.78 bits per heavy atom. The van der Waals surface area contributed by atoms with Crippen molar-refractivity contribution in [2.75, 3.05) is 17.6 Å². The van der Waals surface area contributed by atoms with Gasteiger partial charge in [0.05, 0.1) is 0 Å². The third-order valence-corrected chi connectivity index (χ3v) is 5.41. The lowest BCUT2D eigenvalue weighted by molar-refractivity contribution is 0.213. The Bertz CT molecular complexity index is 735. The maximum atomic E-state index is 14.1. The third kappa shape index (κ3) is 3.20. The molecule has 1 saturated heterocycles. The Hall–Kier alpha value is -2.01. The summed E-state index contributed by atoms with van der Waals surface area (Å²) < 4.78 is 14.1. The van der Waals surface area contributed by atoms with E-state index in [0.717, 1.165) is 22.6 Å². The van der Waals surface area contributed by atoms with Crippen LogP contribution in [-0.2, 0) is 0 Å². The number of amides is 2. The van der Waals surface area contributed by atoms with Crippen LogP contribution in [0.1, 0.15) is 22.1 Å². The smallest absolute Gasteiger partial charge is 0.308 e. The number of urea groups is 1. The Kier molecular flexibility index (Phi) is 4.57. The molecule has 0 aliphatic carbocycles. The van der Waals surface area contributed by atoms with Crippen LogP contribution in [0.3, 0.4) is 0 Å². The minimum atomic E-state index is -0.277. The van der Waals surface area contributed by atoms with Crippen LogP contribution in [0, 0.1) is 19.7 Å². The molecule has 0 saturated carbocycles. The first-order chi connectivity index (χ1) is 11.1. The quantitative estimate of drug-likeness (QED) is 0.864. The van der Waals surface area contributed by atoms with Gasteiger partial charge in [0.25, 0.3) is 0 Å². The molecule has 0 aromatic heterocycles. The summed E-state index contributed by atoms with van der Waals surface area (Å²) in [5.41, 5.74) is 3.55. The van der Waals surface area contributed by atoms with Crippen LogP contribution >= 0.6 is 11.8 Å². The second kappa shape index (κ2) is 6.62. The van der Waals surface area contributed by atoms with Gasteiger partial charge >= 0.3 is 6.03 Å². The van der Waals surface area contributed by atoms with E-state index in [1.165, 1.54) is 6.07 Å². The van der Waals surface area contributed by atoms with Gasteiger partial charge in [-0.2, -0.15) is 0 Å². The number of anilines is 1. The second-order valence-corrected chi connectivity index (χ2v) is 6.80. The van der Waals surface area contributed by atoms with Crippen LogP contribution in [0.4, 0.5) is 14.9 Å². The van der Waals surface area contributed by atoms with Crippen molar-refractivity contribution < 1.29 is 9.18 Å². The SMILES string of the molecule is Cc1cccc(NC(=O)N2CCS[C@@H]2c2ccccc2F)c1C. The Balaban J connectivity index is 1.81. The number of carbonyl (C=O) groups is 1. The van der Waals surface area contributed by atoms with Gasteiger partial charge in [0.2, 0.25) is 0 Å². The Morgan fingerprint density at radius 2 is 2.00 bits per heavy atom. The fourth-order valence-electron chi connectivity index (χ4n) is 2.68. The molecule has 1 aliphatic heterocycles. The molecule has 0 spiro atoms. The number of benzene rings is 2. The first kappa shape index (κ1) is 15.9. The number of carbonyl (C=O) groups excluding carboxylic acids is 1. The van der Waals surface area contributed by atoms with E-state index >= 15 is 0 Å². The largest absolute Gasteiger partial charge is 0.323 e. The lowest BCUT2D eigenvalue weighted by Gasteiger charge is -2.25. The number of halogens is 1. The number of hydrogen-bond donors (Lipinski definition) is 1. The molecule has 3 rings (SSSR count). The van der Waals surface area contributed by atoms with Crippen LogP contribution in [0.25, 0.3) is 0 Å². The summed E-state index contributed by atoms with van der Waals surface area (Å²) in [5, 5.41) is 2.69. The Labute approximate surface area is 139 Å². The van der Waals surface area contributed by atoms with Gasteiger partial charge in [-0.3, -0.25) is 0 Å². The molecule has 1 fully saturated rings. The molecule has 5 heteroatoms. The normalized spacial score (nSPS) is 17.3. The van der Waals surface area contributed by atoms with Gasteiger partial charge in [-0.05, 0) is 37.1 Å². The first-order valence-corrected chi connectivity index (χ1v) is 8.62. The zero-order valence-electron chi connectivity index (χ0n) is 13.2. The molecule has 1 heterocycles. The van der Waals surface area contributed by atoms with Gasteiger partial charge in [0.15, 0.2) is 0 Å². The van der Waals surface area contributed by atoms with Crippen LogP contribution in [0.15, 0.2) is 42.5 Å². The second-order valence-electron chi connectivity index (χ2n) is 5.62. The molecular weight excluding hydrogens is 311 g/mol. The Morgan fingerprint density at radius 1 is 1.22 bits per heavy atom. The summed E-state index contributed by atoms with van der Waals surface area (Å²) in [6.07, 6.45) is 0. The minimum absolute atomic E-state index is 0.183. The number of nitrogens with zero attached hydrogens (tertiary/aromatic N) is 1. The molecule has 1 N–H and O–H groups in total. The maximum absolute atomic E-state index is 14.1. The van der Waals surface area contributed by atoms with Crippen molar-refractivity contribution in [2.24, 2.45) is 0 Å². The first-order valence-electron chi connectivity index (χ1n) is 7.58. The van der Waals surface area contributed by atoms with Gasteiger partial charge in [-0.15, -0.1) is 11.8 Å². The monoisotopic (exact) mass is 330 g/mol. The van der Waals surface area contributed by atoms with Gasteiger partial charge < -0.3 is 10.2 Å². The van der Waals surface area contributed by atoms with Crippen molar-refractivity contribution in [2.45, 2.75) is 19.2 Å². The predicted molar refractivity (Wildman–Crippen MR) is 93.2 cm³/mol. The van der Waals surface area contributed by atoms with E-state index in [1.54, 1.807) is 34.9 Å². The van der Waals surface area contributed by atoms with Crippen molar-refractivity contribution in [3.63, 3.8) is 0 Å². The molecule has 120 valence electrons. The lowest BCUT2D eigenvalue weighted by atomic mass is 10.1. The summed E-state index contributed by atoms with van der Waals surface area (Å²) in [4.78, 5) is 14.4. The highest BCUT2D eigenvalue weighted by Crippen LogP contribution is 2.39. The fraction of sp³-hybridized carbons (Fsp3) is 0.278. The topological polar surface area (TPSA) is 32.3 Å². The summed E-state index contributed by atoms with van der Waals surface area (Å²) in [6.45, 7) is 4.61. The van der Waals surface area contributed by atoms with E-state index in [2.05, 4.69) is 5.32 Å². The third-order valence-electron chi connectivity index (χ3n) is 4.17. The minimum Gasteiger partial charge on any atom is -0.308 e. The standard InChI is InChI=1S/C18H19FN2OS/c1-12-6-5-9-16(13(12)2)20-18(22)21-10-11-23-17(21)14-7-3-4-8-15(14)19/h3-9,17H,10-11H2,1-2H3,(H,20,22)/t17-/m1/s1. The molecule has 1 aliphatic rings. The summed E-state index contributed by atoms with van der Waals surface area (Å²) >= 11 is 1.59. The van der Waals surface area contributed by atoms with E-state index in [9.17, 15) is 9.18 Å². The van der Waals surface area contributed by atoms with E-state index in [4.69, 9.17) is 0 Å². The molecular formula is C18H19FN2OS. The van der Waals surface area contributed by atoms with Crippen molar-refractivity contribution in [1.29, 1.82) is 0 Å². The van der Waals surface area contributed by atoms with Crippen molar-refractivity contribution in [3.05, 3.63) is 65.0 Å². The highest BCUT2D eigenvalue weighted by atomic mass is 32.2. The van der Waals surface area contributed by atoms with Gasteiger partial charge in [-0.1, -0.05) is 30.3 Å². The summed E-state index contributed by atoms with van der Waals surface area (Å²) in [5.74, 6) is 0.538. The van der Waals surface area contributed by atoms with Gasteiger partial charge in [0, 0.05) is 23.5 Å². The summed E-state index contributed by atoms with van der Waals surface area (Å²) in [7, 11) is 0. The molecule has 2 amide bonds. The van der Waals surface area contributed by atoms with Crippen molar-refractivity contribution in [3.8, 4) is 0 Å². The summed E-state index contributed by atoms with van der Waals surface area (Å²) in [6, 6.07) is 12.3. The molecule has 0 radical (unpaired) electrons. The average molecular weight is 330 g/mol. The van der Waals surface area contributed by atoms with E-state index in [0.29, 0.717) is 12.1 Å². The van der Waals surface area contributed by atoms with Gasteiger partial charge in [0.1, 0.15) is 11.2 Å². The number of rotatable bonds is 2. The maximum Gasteiger partial charge on any atom is 0.323 e. The molecule has 2 aromatic rings. The van der Waals surface area contributed by atoms with E-state index < -0.39 is 0 Å². The number of aryl methyl sites for hydroxylation is 1. The highest BCUT2D eigenvalue weighted by molar-refractivity contribution is 7.99. The number of hydrogen-bond acceptors (Lipinski definition) is 2. The van der Waals surface area contributed by atoms with Crippen molar-refractivity contribution >= 4 is 23.5 Å². The van der Waals surface area contributed by atoms with E-state index in [-0.39, 0.29) is 17.2 Å². The van der Waals surface area contributed by atoms with Crippen molar-refractivity contribution in [1.82, 2.24) is 4.90 Å². The predicted octanol–water partition coefficient (Wildman–Crippen LogP) is 4.72. The number of nitrogens with one attached hydrogen (secondary N) is 1. The zero-order valence-corrected chi connectivity index (χ0v) is 14.0. The molecule has 0 unspecified atom stereocenters.